The highest BCUT2D eigenvalue weighted by atomic mass is 35.5. The molecule has 1 N–H and O–H groups in total. The first-order valence-corrected chi connectivity index (χ1v) is 13.1. The summed E-state index contributed by atoms with van der Waals surface area (Å²) >= 11 is 7.59. The monoisotopic (exact) mass is 537 g/mol. The number of carboxylic acid groups (broad SMARTS) is 1. The van der Waals surface area contributed by atoms with Gasteiger partial charge < -0.3 is 19.3 Å². The minimum atomic E-state index is -1.00. The number of halogens is 1. The molecule has 3 aromatic rings. The minimum Gasteiger partial charge on any atom is -0.489 e. The lowest BCUT2D eigenvalue weighted by atomic mass is 10.2. The maximum absolute atomic E-state index is 10.8. The molecule has 1 heterocycles. The second-order valence-corrected chi connectivity index (χ2v) is 10.1. The van der Waals surface area contributed by atoms with Crippen LogP contribution in [-0.4, -0.2) is 55.4 Å². The highest BCUT2D eigenvalue weighted by Gasteiger charge is 2.09. The van der Waals surface area contributed by atoms with Gasteiger partial charge in [0, 0.05) is 33.5 Å². The molecule has 192 valence electrons. The number of aliphatic carboxylic acids is 1. The van der Waals surface area contributed by atoms with Crippen molar-refractivity contribution in [2.75, 3.05) is 39.5 Å². The second-order valence-electron chi connectivity index (χ2n) is 8.51. The minimum absolute atomic E-state index is 0.368. The number of hydrogen-bond acceptors (Lipinski definition) is 6. The van der Waals surface area contributed by atoms with E-state index < -0.39 is 5.97 Å². The fourth-order valence-corrected chi connectivity index (χ4v) is 4.80. The maximum atomic E-state index is 10.8. The average Bonchev–Trinajstić information content (AvgIpc) is 2.88. The normalized spacial score (nSPS) is 13.5. The van der Waals surface area contributed by atoms with E-state index in [4.69, 9.17) is 30.9 Å². The zero-order valence-corrected chi connectivity index (χ0v) is 22.1. The van der Waals surface area contributed by atoms with Gasteiger partial charge in [0.25, 0.3) is 0 Å². The van der Waals surface area contributed by atoms with Gasteiger partial charge in [-0.1, -0.05) is 47.3 Å². The predicted octanol–water partition coefficient (Wildman–Crippen LogP) is 5.53. The molecule has 6 nitrogen and oxygen atoms in total. The lowest BCUT2D eigenvalue weighted by Crippen LogP contribution is -2.36. The number of benzene rings is 3. The average molecular weight is 538 g/mol. The summed E-state index contributed by atoms with van der Waals surface area (Å²) in [6.07, 6.45) is 0. The van der Waals surface area contributed by atoms with Crippen LogP contribution >= 0.6 is 23.4 Å². The van der Waals surface area contributed by atoms with Gasteiger partial charge in [0.05, 0.1) is 19.8 Å². The number of morpholine rings is 1. The molecule has 0 unspecified atom stereocenters. The van der Waals surface area contributed by atoms with Crippen LogP contribution in [0.3, 0.4) is 0 Å². The van der Waals surface area contributed by atoms with E-state index in [1.54, 1.807) is 17.8 Å². The highest BCUT2D eigenvalue weighted by Crippen LogP contribution is 2.34. The van der Waals surface area contributed by atoms with Gasteiger partial charge in [-0.25, -0.2) is 4.79 Å². The number of nitrogens with zero attached hydrogens (tertiary/aromatic N) is 1. The van der Waals surface area contributed by atoms with Crippen LogP contribution in [0.5, 0.6) is 11.5 Å². The molecule has 1 aliphatic rings. The molecule has 0 bridgehead atoms. The fraction of sp³-hybridized carbons (Fsp3) is 0.276. The van der Waals surface area contributed by atoms with E-state index >= 15 is 0 Å². The number of rotatable bonds is 9. The fourth-order valence-electron chi connectivity index (χ4n) is 3.67. The molecular formula is C29H28ClNO5S. The molecule has 0 atom stereocenters. The van der Waals surface area contributed by atoms with E-state index in [2.05, 4.69) is 22.8 Å². The van der Waals surface area contributed by atoms with Crippen LogP contribution < -0.4 is 9.47 Å². The van der Waals surface area contributed by atoms with Gasteiger partial charge in [-0.2, -0.15) is 0 Å². The molecule has 1 aliphatic heterocycles. The Morgan fingerprint density at radius 1 is 1.05 bits per heavy atom. The Labute approximate surface area is 226 Å². The topological polar surface area (TPSA) is 68.2 Å². The quantitative estimate of drug-likeness (QED) is 0.360. The van der Waals surface area contributed by atoms with Gasteiger partial charge >= 0.3 is 5.97 Å². The van der Waals surface area contributed by atoms with E-state index in [-0.39, 0.29) is 6.61 Å². The van der Waals surface area contributed by atoms with Gasteiger partial charge in [-0.05, 0) is 66.6 Å². The van der Waals surface area contributed by atoms with Crippen molar-refractivity contribution in [2.24, 2.45) is 0 Å². The highest BCUT2D eigenvalue weighted by molar-refractivity contribution is 7.99. The molecular weight excluding hydrogens is 510 g/mol. The van der Waals surface area contributed by atoms with Gasteiger partial charge in [-0.15, -0.1) is 0 Å². The van der Waals surface area contributed by atoms with Crippen molar-refractivity contribution < 1.29 is 24.1 Å². The molecule has 0 amide bonds. The Hall–Kier alpha value is -3.15. The van der Waals surface area contributed by atoms with Gasteiger partial charge in [0.15, 0.2) is 6.61 Å². The molecule has 8 heteroatoms. The summed E-state index contributed by atoms with van der Waals surface area (Å²) in [6, 6.07) is 19.3. The van der Waals surface area contributed by atoms with Crippen LogP contribution in [0.4, 0.5) is 0 Å². The van der Waals surface area contributed by atoms with Crippen LogP contribution in [0.15, 0.2) is 70.5 Å². The second kappa shape index (κ2) is 13.4. The Morgan fingerprint density at radius 3 is 2.57 bits per heavy atom. The van der Waals surface area contributed by atoms with Crippen molar-refractivity contribution >= 4 is 29.3 Å². The van der Waals surface area contributed by atoms with E-state index in [1.807, 2.05) is 55.5 Å². The lowest BCUT2D eigenvalue weighted by Gasteiger charge is -2.24. The van der Waals surface area contributed by atoms with Gasteiger partial charge in [0.1, 0.15) is 18.1 Å². The number of carboxylic acids is 1. The molecule has 0 radical (unpaired) electrons. The molecule has 0 aromatic heterocycles. The summed E-state index contributed by atoms with van der Waals surface area (Å²) in [4.78, 5) is 15.1. The Kier molecular flexibility index (Phi) is 9.75. The standard InChI is InChI=1S/C29H28ClNO5S/c1-21-15-26(8-9-28(21)36-20-29(32)33)37-27-17-23(3-2-10-31-11-13-34-14-12-31)16-25(18-27)35-19-22-4-6-24(30)7-5-22/h4-9,15-18H,10-14,19-20H2,1H3,(H,32,33). The van der Waals surface area contributed by atoms with Crippen LogP contribution in [0.1, 0.15) is 16.7 Å². The Bertz CT molecular complexity index is 1280. The van der Waals surface area contributed by atoms with Crippen molar-refractivity contribution in [1.82, 2.24) is 4.90 Å². The van der Waals surface area contributed by atoms with Gasteiger partial charge in [-0.3, -0.25) is 4.90 Å². The Morgan fingerprint density at radius 2 is 1.84 bits per heavy atom. The van der Waals surface area contributed by atoms with Crippen LogP contribution in [0.2, 0.25) is 5.02 Å². The van der Waals surface area contributed by atoms with E-state index in [0.29, 0.717) is 23.9 Å². The molecule has 0 aliphatic carbocycles. The number of ether oxygens (including phenoxy) is 3. The summed E-state index contributed by atoms with van der Waals surface area (Å²) in [6.45, 7) is 5.92. The third-order valence-corrected chi connectivity index (χ3v) is 6.78. The molecule has 0 saturated carbocycles. The van der Waals surface area contributed by atoms with Crippen LogP contribution in [0.25, 0.3) is 0 Å². The molecule has 4 rings (SSSR count). The van der Waals surface area contributed by atoms with Crippen molar-refractivity contribution in [1.29, 1.82) is 0 Å². The lowest BCUT2D eigenvalue weighted by molar-refractivity contribution is -0.139. The first-order valence-electron chi connectivity index (χ1n) is 11.9. The Balaban J connectivity index is 1.51. The summed E-state index contributed by atoms with van der Waals surface area (Å²) in [7, 11) is 0. The SMILES string of the molecule is Cc1cc(Sc2cc(C#CCN3CCOCC3)cc(OCc3ccc(Cl)cc3)c2)ccc1OCC(=O)O. The van der Waals surface area contributed by atoms with Crippen molar-refractivity contribution in [3.8, 4) is 23.3 Å². The zero-order valence-electron chi connectivity index (χ0n) is 20.5. The third-order valence-electron chi connectivity index (χ3n) is 5.57. The first-order chi connectivity index (χ1) is 17.9. The summed E-state index contributed by atoms with van der Waals surface area (Å²) in [5, 5.41) is 9.55. The van der Waals surface area contributed by atoms with Crippen LogP contribution in [-0.2, 0) is 16.1 Å². The summed E-state index contributed by atoms with van der Waals surface area (Å²) in [5.41, 5.74) is 2.77. The smallest absolute Gasteiger partial charge is 0.341 e. The van der Waals surface area contributed by atoms with Gasteiger partial charge in [0.2, 0.25) is 0 Å². The van der Waals surface area contributed by atoms with Crippen molar-refractivity contribution in [2.45, 2.75) is 23.3 Å². The van der Waals surface area contributed by atoms with Crippen molar-refractivity contribution in [3.05, 3.63) is 82.4 Å². The number of hydrogen-bond donors (Lipinski definition) is 1. The van der Waals surface area contributed by atoms with E-state index in [1.165, 1.54) is 0 Å². The zero-order chi connectivity index (χ0) is 26.0. The van der Waals surface area contributed by atoms with Crippen molar-refractivity contribution in [3.63, 3.8) is 0 Å². The molecule has 0 spiro atoms. The molecule has 1 fully saturated rings. The third kappa shape index (κ3) is 8.73. The van der Waals surface area contributed by atoms with E-state index in [9.17, 15) is 4.79 Å². The number of carbonyl (C=O) groups is 1. The first kappa shape index (κ1) is 26.9. The molecule has 1 saturated heterocycles. The summed E-state index contributed by atoms with van der Waals surface area (Å²) < 4.78 is 16.9. The molecule has 37 heavy (non-hydrogen) atoms. The number of aryl methyl sites for hydroxylation is 1. The molecule has 3 aromatic carbocycles. The van der Waals surface area contributed by atoms with E-state index in [0.717, 1.165) is 58.5 Å². The van der Waals surface area contributed by atoms with Crippen LogP contribution in [0, 0.1) is 18.8 Å². The largest absolute Gasteiger partial charge is 0.489 e. The predicted molar refractivity (Wildman–Crippen MR) is 145 cm³/mol. The summed E-state index contributed by atoms with van der Waals surface area (Å²) in [5.74, 6) is 6.86. The maximum Gasteiger partial charge on any atom is 0.341 e.